The van der Waals surface area contributed by atoms with Crippen molar-refractivity contribution in [3.8, 4) is 0 Å². The topological polar surface area (TPSA) is 36.3 Å². The lowest BCUT2D eigenvalue weighted by Crippen LogP contribution is -2.46. The van der Waals surface area contributed by atoms with Gasteiger partial charge in [0.1, 0.15) is 0 Å². The van der Waals surface area contributed by atoms with Crippen molar-refractivity contribution in [2.75, 3.05) is 13.2 Å². The molecule has 20 heavy (non-hydrogen) atoms. The van der Waals surface area contributed by atoms with Gasteiger partial charge in [0.05, 0.1) is 26.1 Å². The van der Waals surface area contributed by atoms with Crippen molar-refractivity contribution in [1.29, 1.82) is 0 Å². The van der Waals surface area contributed by atoms with Crippen LogP contribution in [0.3, 0.4) is 0 Å². The van der Waals surface area contributed by atoms with Gasteiger partial charge in [-0.1, -0.05) is 29.8 Å². The fourth-order valence-corrected chi connectivity index (χ4v) is 2.66. The first kappa shape index (κ1) is 13.3. The first-order chi connectivity index (χ1) is 9.76. The summed E-state index contributed by atoms with van der Waals surface area (Å²) < 4.78 is 14.0. The van der Waals surface area contributed by atoms with E-state index in [1.165, 1.54) is 11.1 Å². The second-order valence-corrected chi connectivity index (χ2v) is 5.36. The lowest BCUT2D eigenvalue weighted by Gasteiger charge is -2.37. The van der Waals surface area contributed by atoms with Crippen LogP contribution in [-0.2, 0) is 22.4 Å². The van der Waals surface area contributed by atoms with Gasteiger partial charge < -0.3 is 14.0 Å². The summed E-state index contributed by atoms with van der Waals surface area (Å²) in [6.07, 6.45) is 7.24. The Morgan fingerprint density at radius 2 is 2.15 bits per heavy atom. The number of aryl methyl sites for hydroxylation is 1. The number of hydrogen-bond acceptors (Lipinski definition) is 3. The molecule has 0 amide bonds. The molecule has 3 rings (SSSR count). The highest BCUT2D eigenvalue weighted by Gasteiger charge is 2.35. The van der Waals surface area contributed by atoms with Crippen LogP contribution in [-0.4, -0.2) is 28.6 Å². The number of aromatic nitrogens is 2. The van der Waals surface area contributed by atoms with E-state index >= 15 is 0 Å². The molecule has 106 valence electrons. The minimum absolute atomic E-state index is 0.577. The second-order valence-electron chi connectivity index (χ2n) is 5.36. The van der Waals surface area contributed by atoms with Crippen molar-refractivity contribution in [1.82, 2.24) is 9.55 Å². The predicted octanol–water partition coefficient (Wildman–Crippen LogP) is 2.57. The molecule has 2 heterocycles. The van der Waals surface area contributed by atoms with E-state index in [1.807, 2.05) is 10.8 Å². The summed E-state index contributed by atoms with van der Waals surface area (Å²) in [5.74, 6) is -0.577. The summed E-state index contributed by atoms with van der Waals surface area (Å²) in [4.78, 5) is 4.09. The number of nitrogens with zero attached hydrogens (tertiary/aromatic N) is 2. The van der Waals surface area contributed by atoms with E-state index in [4.69, 9.17) is 9.47 Å². The first-order valence-electron chi connectivity index (χ1n) is 7.05. The third-order valence-corrected chi connectivity index (χ3v) is 3.56. The van der Waals surface area contributed by atoms with Crippen LogP contribution in [0.2, 0.25) is 0 Å². The molecule has 1 fully saturated rings. The van der Waals surface area contributed by atoms with Crippen molar-refractivity contribution in [2.45, 2.75) is 32.1 Å². The van der Waals surface area contributed by atoms with Gasteiger partial charge in [-0.15, -0.1) is 0 Å². The molecule has 0 bridgehead atoms. The molecule has 0 atom stereocenters. The SMILES string of the molecule is Cc1cccc(CC2(Cn3ccnc3)OCCCO2)c1. The average molecular weight is 272 g/mol. The van der Waals surface area contributed by atoms with Crippen LogP contribution in [0.5, 0.6) is 0 Å². The number of benzene rings is 1. The summed E-state index contributed by atoms with van der Waals surface area (Å²) in [5, 5.41) is 0. The minimum Gasteiger partial charge on any atom is -0.348 e. The third-order valence-electron chi connectivity index (χ3n) is 3.56. The van der Waals surface area contributed by atoms with Crippen LogP contribution in [0, 0.1) is 6.92 Å². The molecule has 2 aromatic rings. The zero-order valence-corrected chi connectivity index (χ0v) is 11.8. The number of imidazole rings is 1. The predicted molar refractivity (Wildman–Crippen MR) is 76.4 cm³/mol. The fourth-order valence-electron chi connectivity index (χ4n) is 2.66. The Bertz CT molecular complexity index is 545. The van der Waals surface area contributed by atoms with Crippen molar-refractivity contribution in [3.05, 3.63) is 54.1 Å². The molecule has 1 aromatic heterocycles. The Kier molecular flexibility index (Phi) is 3.85. The van der Waals surface area contributed by atoms with E-state index in [-0.39, 0.29) is 0 Å². The maximum atomic E-state index is 6.01. The summed E-state index contributed by atoms with van der Waals surface area (Å²) >= 11 is 0. The van der Waals surface area contributed by atoms with E-state index in [1.54, 1.807) is 12.5 Å². The molecule has 0 saturated carbocycles. The number of rotatable bonds is 4. The average Bonchev–Trinajstić information content (AvgIpc) is 2.92. The Labute approximate surface area is 119 Å². The van der Waals surface area contributed by atoms with Gasteiger partial charge in [0.25, 0.3) is 0 Å². The highest BCUT2D eigenvalue weighted by molar-refractivity contribution is 5.23. The highest BCUT2D eigenvalue weighted by atomic mass is 16.7. The largest absolute Gasteiger partial charge is 0.348 e. The molecule has 0 unspecified atom stereocenters. The quantitative estimate of drug-likeness (QED) is 0.858. The maximum absolute atomic E-state index is 6.01. The van der Waals surface area contributed by atoms with E-state index in [0.29, 0.717) is 6.54 Å². The van der Waals surface area contributed by atoms with Gasteiger partial charge >= 0.3 is 0 Å². The summed E-state index contributed by atoms with van der Waals surface area (Å²) in [5.41, 5.74) is 2.50. The van der Waals surface area contributed by atoms with Crippen molar-refractivity contribution in [2.24, 2.45) is 0 Å². The van der Waals surface area contributed by atoms with Gasteiger partial charge in [-0.25, -0.2) is 4.98 Å². The lowest BCUT2D eigenvalue weighted by atomic mass is 10.0. The number of ether oxygens (including phenoxy) is 2. The van der Waals surface area contributed by atoms with Crippen LogP contribution in [0.15, 0.2) is 43.0 Å². The summed E-state index contributed by atoms with van der Waals surface area (Å²) in [6, 6.07) is 8.51. The third kappa shape index (κ3) is 3.08. The van der Waals surface area contributed by atoms with E-state index in [0.717, 1.165) is 26.1 Å². The zero-order chi connectivity index (χ0) is 13.8. The first-order valence-corrected chi connectivity index (χ1v) is 7.05. The highest BCUT2D eigenvalue weighted by Crippen LogP contribution is 2.26. The van der Waals surface area contributed by atoms with Crippen molar-refractivity contribution >= 4 is 0 Å². The van der Waals surface area contributed by atoms with Crippen molar-refractivity contribution < 1.29 is 9.47 Å². The Morgan fingerprint density at radius 1 is 1.30 bits per heavy atom. The molecule has 1 aliphatic heterocycles. The van der Waals surface area contributed by atoms with E-state index < -0.39 is 5.79 Å². The van der Waals surface area contributed by atoms with Gasteiger partial charge in [0.15, 0.2) is 5.79 Å². The smallest absolute Gasteiger partial charge is 0.190 e. The normalized spacial score (nSPS) is 18.1. The molecule has 0 aliphatic carbocycles. The molecule has 0 spiro atoms. The number of hydrogen-bond donors (Lipinski definition) is 0. The fraction of sp³-hybridized carbons (Fsp3) is 0.438. The molecule has 4 heteroatoms. The maximum Gasteiger partial charge on any atom is 0.190 e. The Balaban J connectivity index is 1.81. The standard InChI is InChI=1S/C16H20N2O2/c1-14-4-2-5-15(10-14)11-16(19-8-3-9-20-16)12-18-7-6-17-13-18/h2,4-7,10,13H,3,8-9,11-12H2,1H3. The second kappa shape index (κ2) is 5.77. The molecule has 0 N–H and O–H groups in total. The van der Waals surface area contributed by atoms with Gasteiger partial charge in [0.2, 0.25) is 0 Å². The van der Waals surface area contributed by atoms with Gasteiger partial charge in [-0.2, -0.15) is 0 Å². The Morgan fingerprint density at radius 3 is 2.85 bits per heavy atom. The Hall–Kier alpha value is -1.65. The van der Waals surface area contributed by atoms with Gasteiger partial charge in [-0.3, -0.25) is 0 Å². The monoisotopic (exact) mass is 272 g/mol. The van der Waals surface area contributed by atoms with Crippen molar-refractivity contribution in [3.63, 3.8) is 0 Å². The molecule has 0 radical (unpaired) electrons. The van der Waals surface area contributed by atoms with Crippen LogP contribution in [0.1, 0.15) is 17.5 Å². The summed E-state index contributed by atoms with van der Waals surface area (Å²) in [7, 11) is 0. The van der Waals surface area contributed by atoms with Crippen LogP contribution < -0.4 is 0 Å². The molecule has 4 nitrogen and oxygen atoms in total. The van der Waals surface area contributed by atoms with Gasteiger partial charge in [0, 0.05) is 18.8 Å². The van der Waals surface area contributed by atoms with Crippen LogP contribution in [0.25, 0.3) is 0 Å². The summed E-state index contributed by atoms with van der Waals surface area (Å²) in [6.45, 7) is 4.27. The van der Waals surface area contributed by atoms with Crippen LogP contribution >= 0.6 is 0 Å². The molecular weight excluding hydrogens is 252 g/mol. The van der Waals surface area contributed by atoms with Gasteiger partial charge in [-0.05, 0) is 18.9 Å². The molecule has 1 saturated heterocycles. The zero-order valence-electron chi connectivity index (χ0n) is 11.8. The van der Waals surface area contributed by atoms with E-state index in [9.17, 15) is 0 Å². The molecular formula is C16H20N2O2. The van der Waals surface area contributed by atoms with E-state index in [2.05, 4.69) is 36.2 Å². The lowest BCUT2D eigenvalue weighted by molar-refractivity contribution is -0.272. The minimum atomic E-state index is -0.577. The molecule has 1 aliphatic rings. The molecule has 1 aromatic carbocycles. The van der Waals surface area contributed by atoms with Crippen LogP contribution in [0.4, 0.5) is 0 Å².